The van der Waals surface area contributed by atoms with E-state index in [-0.39, 0.29) is 16.7 Å². The fourth-order valence-electron chi connectivity index (χ4n) is 2.92. The molecule has 5 nitrogen and oxygen atoms in total. The topological polar surface area (TPSA) is 58.4 Å². The van der Waals surface area contributed by atoms with E-state index in [4.69, 9.17) is 0 Å². The van der Waals surface area contributed by atoms with Crippen LogP contribution < -0.4 is 5.32 Å². The Morgan fingerprint density at radius 2 is 1.76 bits per heavy atom. The van der Waals surface area contributed by atoms with Crippen molar-refractivity contribution in [3.8, 4) is 0 Å². The zero-order valence-corrected chi connectivity index (χ0v) is 13.1. The van der Waals surface area contributed by atoms with E-state index in [0.717, 1.165) is 31.5 Å². The number of piperidine rings is 1. The highest BCUT2D eigenvalue weighted by atomic mass is 16.6. The van der Waals surface area contributed by atoms with Gasteiger partial charge in [-0.3, -0.25) is 10.1 Å². The zero-order chi connectivity index (χ0) is 15.4. The molecular weight excluding hydrogens is 266 g/mol. The van der Waals surface area contributed by atoms with E-state index in [2.05, 4.69) is 31.0 Å². The summed E-state index contributed by atoms with van der Waals surface area (Å²) in [5.74, 6) is 0. The molecule has 1 aliphatic rings. The third kappa shape index (κ3) is 4.25. The summed E-state index contributed by atoms with van der Waals surface area (Å²) in [6, 6.07) is 8.23. The van der Waals surface area contributed by atoms with Crippen LogP contribution in [-0.2, 0) is 0 Å². The molecule has 1 saturated heterocycles. The van der Waals surface area contributed by atoms with Gasteiger partial charge in [0.1, 0.15) is 0 Å². The average molecular weight is 291 g/mol. The lowest BCUT2D eigenvalue weighted by Gasteiger charge is -2.36. The van der Waals surface area contributed by atoms with Crippen LogP contribution in [0.3, 0.4) is 0 Å². The second-order valence-corrected chi connectivity index (χ2v) is 6.14. The molecular formula is C16H25N3O2. The summed E-state index contributed by atoms with van der Waals surface area (Å²) < 4.78 is 0. The molecule has 1 atom stereocenters. The van der Waals surface area contributed by atoms with Crippen molar-refractivity contribution in [1.29, 1.82) is 0 Å². The highest BCUT2D eigenvalue weighted by Crippen LogP contribution is 2.20. The molecule has 1 aromatic carbocycles. The number of nitro groups is 1. The first-order chi connectivity index (χ1) is 9.97. The van der Waals surface area contributed by atoms with Crippen LogP contribution in [-0.4, -0.2) is 35.0 Å². The quantitative estimate of drug-likeness (QED) is 0.669. The van der Waals surface area contributed by atoms with E-state index in [1.165, 1.54) is 0 Å². The van der Waals surface area contributed by atoms with E-state index in [1.54, 1.807) is 12.1 Å². The summed E-state index contributed by atoms with van der Waals surface area (Å²) >= 11 is 0. The van der Waals surface area contributed by atoms with Crippen LogP contribution in [0.2, 0.25) is 0 Å². The van der Waals surface area contributed by atoms with Gasteiger partial charge < -0.3 is 10.2 Å². The minimum atomic E-state index is -0.358. The Morgan fingerprint density at radius 3 is 2.24 bits per heavy atom. The number of rotatable bonds is 5. The first-order valence-corrected chi connectivity index (χ1v) is 7.72. The Kier molecular flexibility index (Phi) is 5.31. The molecule has 2 rings (SSSR count). The molecule has 0 aliphatic carbocycles. The fraction of sp³-hybridized carbons (Fsp3) is 0.625. The fourth-order valence-corrected chi connectivity index (χ4v) is 2.92. The third-order valence-corrected chi connectivity index (χ3v) is 4.35. The van der Waals surface area contributed by atoms with Crippen LogP contribution in [0.4, 0.5) is 5.69 Å². The Morgan fingerprint density at radius 1 is 1.19 bits per heavy atom. The minimum absolute atomic E-state index is 0.149. The van der Waals surface area contributed by atoms with Crippen molar-refractivity contribution in [3.63, 3.8) is 0 Å². The molecule has 0 saturated carbocycles. The average Bonchev–Trinajstić information content (AvgIpc) is 2.47. The molecule has 0 amide bonds. The maximum Gasteiger partial charge on any atom is 0.269 e. The van der Waals surface area contributed by atoms with Gasteiger partial charge in [0.2, 0.25) is 0 Å². The van der Waals surface area contributed by atoms with Crippen molar-refractivity contribution in [1.82, 2.24) is 10.2 Å². The van der Waals surface area contributed by atoms with Gasteiger partial charge in [0.05, 0.1) is 4.92 Å². The highest BCUT2D eigenvalue weighted by molar-refractivity contribution is 5.34. The Hall–Kier alpha value is -1.46. The number of nitro benzene ring substituents is 1. The predicted octanol–water partition coefficient (Wildman–Crippen LogP) is 3.12. The largest absolute Gasteiger partial charge is 0.307 e. The Balaban J connectivity index is 1.87. The molecule has 1 fully saturated rings. The van der Waals surface area contributed by atoms with Gasteiger partial charge in [0, 0.05) is 30.3 Å². The van der Waals surface area contributed by atoms with Crippen LogP contribution >= 0.6 is 0 Å². The maximum atomic E-state index is 10.7. The van der Waals surface area contributed by atoms with Gasteiger partial charge in [-0.05, 0) is 52.3 Å². The number of benzene rings is 1. The molecule has 0 radical (unpaired) electrons. The van der Waals surface area contributed by atoms with E-state index in [1.807, 2.05) is 12.1 Å². The second kappa shape index (κ2) is 7.00. The summed E-state index contributed by atoms with van der Waals surface area (Å²) in [6.45, 7) is 8.89. The number of non-ortho nitro benzene ring substituents is 1. The lowest BCUT2D eigenvalue weighted by Crippen LogP contribution is -2.45. The van der Waals surface area contributed by atoms with Crippen LogP contribution in [0, 0.1) is 10.1 Å². The van der Waals surface area contributed by atoms with Gasteiger partial charge in [-0.15, -0.1) is 0 Å². The van der Waals surface area contributed by atoms with Crippen molar-refractivity contribution in [3.05, 3.63) is 39.9 Å². The zero-order valence-electron chi connectivity index (χ0n) is 13.1. The van der Waals surface area contributed by atoms with Crippen molar-refractivity contribution in [2.45, 2.75) is 51.7 Å². The monoisotopic (exact) mass is 291 g/mol. The highest BCUT2D eigenvalue weighted by Gasteiger charge is 2.22. The van der Waals surface area contributed by atoms with E-state index in [9.17, 15) is 10.1 Å². The van der Waals surface area contributed by atoms with Crippen molar-refractivity contribution >= 4 is 5.69 Å². The summed E-state index contributed by atoms with van der Waals surface area (Å²) in [7, 11) is 0. The van der Waals surface area contributed by atoms with E-state index >= 15 is 0 Å². The van der Waals surface area contributed by atoms with Gasteiger partial charge in [-0.25, -0.2) is 0 Å². The maximum absolute atomic E-state index is 10.7. The summed E-state index contributed by atoms with van der Waals surface area (Å²) in [6.07, 6.45) is 2.32. The van der Waals surface area contributed by atoms with E-state index in [0.29, 0.717) is 12.1 Å². The lowest BCUT2D eigenvalue weighted by atomic mass is 10.0. The number of hydrogen-bond acceptors (Lipinski definition) is 4. The van der Waals surface area contributed by atoms with Crippen molar-refractivity contribution < 1.29 is 4.92 Å². The van der Waals surface area contributed by atoms with Gasteiger partial charge in [0.25, 0.3) is 5.69 Å². The Bertz CT molecular complexity index is 465. The predicted molar refractivity (Wildman–Crippen MR) is 84.4 cm³/mol. The molecule has 0 bridgehead atoms. The molecule has 1 heterocycles. The minimum Gasteiger partial charge on any atom is -0.307 e. The normalized spacial score (nSPS) is 18.9. The molecule has 1 unspecified atom stereocenters. The van der Waals surface area contributed by atoms with Gasteiger partial charge in [0.15, 0.2) is 0 Å². The lowest BCUT2D eigenvalue weighted by molar-refractivity contribution is -0.384. The molecule has 1 aromatic rings. The van der Waals surface area contributed by atoms with Crippen LogP contribution in [0.25, 0.3) is 0 Å². The number of nitrogens with zero attached hydrogens (tertiary/aromatic N) is 2. The second-order valence-electron chi connectivity index (χ2n) is 6.14. The number of hydrogen-bond donors (Lipinski definition) is 1. The summed E-state index contributed by atoms with van der Waals surface area (Å²) in [5, 5.41) is 14.3. The molecule has 1 aliphatic heterocycles. The number of nitrogens with one attached hydrogen (secondary N) is 1. The molecule has 0 spiro atoms. The first kappa shape index (κ1) is 15.9. The molecule has 21 heavy (non-hydrogen) atoms. The van der Waals surface area contributed by atoms with Crippen LogP contribution in [0.5, 0.6) is 0 Å². The third-order valence-electron chi connectivity index (χ3n) is 4.35. The SMILES string of the molecule is CC(NC1CCN(C(C)C)CC1)c1ccc([N+](=O)[O-])cc1. The molecule has 0 aromatic heterocycles. The van der Waals surface area contributed by atoms with Crippen molar-refractivity contribution in [2.24, 2.45) is 0 Å². The first-order valence-electron chi connectivity index (χ1n) is 7.72. The Labute approximate surface area is 126 Å². The van der Waals surface area contributed by atoms with Gasteiger partial charge in [-0.2, -0.15) is 0 Å². The van der Waals surface area contributed by atoms with E-state index < -0.39 is 0 Å². The van der Waals surface area contributed by atoms with Crippen molar-refractivity contribution in [2.75, 3.05) is 13.1 Å². The number of likely N-dealkylation sites (tertiary alicyclic amines) is 1. The smallest absolute Gasteiger partial charge is 0.269 e. The van der Waals surface area contributed by atoms with Crippen LogP contribution in [0.1, 0.15) is 45.2 Å². The molecule has 5 heteroatoms. The van der Waals surface area contributed by atoms with Gasteiger partial charge >= 0.3 is 0 Å². The van der Waals surface area contributed by atoms with Crippen LogP contribution in [0.15, 0.2) is 24.3 Å². The molecule has 1 N–H and O–H groups in total. The molecule has 116 valence electrons. The van der Waals surface area contributed by atoms with Gasteiger partial charge in [-0.1, -0.05) is 12.1 Å². The standard InChI is InChI=1S/C16H25N3O2/c1-12(2)18-10-8-15(9-11-18)17-13(3)14-4-6-16(7-5-14)19(20)21/h4-7,12-13,15,17H,8-11H2,1-3H3. The summed E-state index contributed by atoms with van der Waals surface area (Å²) in [5.41, 5.74) is 1.25. The summed E-state index contributed by atoms with van der Waals surface area (Å²) in [4.78, 5) is 12.8.